The average Bonchev–Trinajstić information content (AvgIpc) is 2.59. The summed E-state index contributed by atoms with van der Waals surface area (Å²) < 4.78 is 5.61. The van der Waals surface area contributed by atoms with Crippen LogP contribution in [0.1, 0.15) is 32.0 Å². The topological polar surface area (TPSA) is 37.9 Å². The summed E-state index contributed by atoms with van der Waals surface area (Å²) in [5.41, 5.74) is 1.87. The Morgan fingerprint density at radius 2 is 2.06 bits per heavy atom. The maximum atomic E-state index is 5.97. The van der Waals surface area contributed by atoms with Crippen LogP contribution < -0.4 is 4.74 Å². The molecule has 0 aliphatic carbocycles. The van der Waals surface area contributed by atoms with E-state index in [9.17, 15) is 0 Å². The van der Waals surface area contributed by atoms with Gasteiger partial charge in [0, 0.05) is 6.07 Å². The van der Waals surface area contributed by atoms with E-state index in [0.29, 0.717) is 0 Å². The van der Waals surface area contributed by atoms with Gasteiger partial charge in [0.15, 0.2) is 0 Å². The van der Waals surface area contributed by atoms with Gasteiger partial charge >= 0.3 is 0 Å². The van der Waals surface area contributed by atoms with Gasteiger partial charge in [-0.25, -0.2) is 4.98 Å². The van der Waals surface area contributed by atoms with Crippen molar-refractivity contribution in [3.05, 3.63) is 24.0 Å². The second-order valence-electron chi connectivity index (χ2n) is 4.08. The number of nitrogens with zero attached hydrogens (tertiary/aromatic N) is 1. The number of imidazole rings is 1. The fourth-order valence-electron chi connectivity index (χ4n) is 1.54. The molecule has 0 saturated heterocycles. The lowest BCUT2D eigenvalue weighted by Gasteiger charge is -2.08. The normalized spacial score (nSPS) is 13.3. The maximum Gasteiger partial charge on any atom is 0.125 e. The second kappa shape index (κ2) is 4.34. The molecule has 0 aliphatic heterocycles. The molecule has 4 heteroatoms. The van der Waals surface area contributed by atoms with Crippen molar-refractivity contribution in [1.82, 2.24) is 9.97 Å². The molecule has 1 atom stereocenters. The van der Waals surface area contributed by atoms with Crippen molar-refractivity contribution in [2.45, 2.75) is 32.3 Å². The molecule has 3 nitrogen and oxygen atoms in total. The molecule has 2 aromatic rings. The molecule has 0 saturated carbocycles. The largest absolute Gasteiger partial charge is 0.491 e. The van der Waals surface area contributed by atoms with Gasteiger partial charge in [-0.15, -0.1) is 11.6 Å². The zero-order valence-corrected chi connectivity index (χ0v) is 10.4. The lowest BCUT2D eigenvalue weighted by molar-refractivity contribution is 0.242. The number of fused-ring (bicyclic) bond motifs is 1. The van der Waals surface area contributed by atoms with Crippen LogP contribution in [0.3, 0.4) is 0 Å². The van der Waals surface area contributed by atoms with Gasteiger partial charge in [0.1, 0.15) is 11.6 Å². The number of halogens is 1. The third-order valence-electron chi connectivity index (χ3n) is 2.22. The minimum atomic E-state index is -0.109. The van der Waals surface area contributed by atoms with Gasteiger partial charge < -0.3 is 9.72 Å². The van der Waals surface area contributed by atoms with Gasteiger partial charge in [-0.2, -0.15) is 0 Å². The van der Waals surface area contributed by atoms with Gasteiger partial charge in [-0.3, -0.25) is 0 Å². The Bertz CT molecular complexity index is 491. The summed E-state index contributed by atoms with van der Waals surface area (Å²) in [6.45, 7) is 5.90. The van der Waals surface area contributed by atoms with Gasteiger partial charge in [-0.1, -0.05) is 0 Å². The SMILES string of the molecule is CC(C)Oc1ccc2nc(C(C)Cl)[nH]c2c1. The Balaban J connectivity index is 2.38. The van der Waals surface area contributed by atoms with Crippen molar-refractivity contribution in [3.8, 4) is 5.75 Å². The molecule has 1 N–H and O–H groups in total. The van der Waals surface area contributed by atoms with E-state index in [0.717, 1.165) is 22.6 Å². The molecular formula is C12H15ClN2O. The molecule has 16 heavy (non-hydrogen) atoms. The van der Waals surface area contributed by atoms with Crippen LogP contribution in [0.15, 0.2) is 18.2 Å². The van der Waals surface area contributed by atoms with Crippen LogP contribution in [0, 0.1) is 0 Å². The number of nitrogens with one attached hydrogen (secondary N) is 1. The summed E-state index contributed by atoms with van der Waals surface area (Å²) >= 11 is 5.97. The van der Waals surface area contributed by atoms with Crippen molar-refractivity contribution in [2.24, 2.45) is 0 Å². The smallest absolute Gasteiger partial charge is 0.125 e. The Morgan fingerprint density at radius 3 is 2.69 bits per heavy atom. The predicted molar refractivity (Wildman–Crippen MR) is 66.1 cm³/mol. The first-order valence-electron chi connectivity index (χ1n) is 5.36. The van der Waals surface area contributed by atoms with Gasteiger partial charge in [0.2, 0.25) is 0 Å². The summed E-state index contributed by atoms with van der Waals surface area (Å²) in [7, 11) is 0. The lowest BCUT2D eigenvalue weighted by atomic mass is 10.3. The first-order chi connectivity index (χ1) is 7.56. The average molecular weight is 239 g/mol. The third-order valence-corrected chi connectivity index (χ3v) is 2.43. The zero-order valence-electron chi connectivity index (χ0n) is 9.62. The fourth-order valence-corrected chi connectivity index (χ4v) is 1.65. The predicted octanol–water partition coefficient (Wildman–Crippen LogP) is 3.65. The molecule has 0 aliphatic rings. The quantitative estimate of drug-likeness (QED) is 0.829. The lowest BCUT2D eigenvalue weighted by Crippen LogP contribution is -2.05. The first-order valence-corrected chi connectivity index (χ1v) is 5.80. The highest BCUT2D eigenvalue weighted by Crippen LogP contribution is 2.23. The van der Waals surface area contributed by atoms with Crippen molar-refractivity contribution in [3.63, 3.8) is 0 Å². The van der Waals surface area contributed by atoms with E-state index in [2.05, 4.69) is 9.97 Å². The minimum Gasteiger partial charge on any atom is -0.491 e. The standard InChI is InChI=1S/C12H15ClN2O/c1-7(2)16-9-4-5-10-11(6-9)15-12(14-10)8(3)13/h4-8H,1-3H3,(H,14,15). The summed E-state index contributed by atoms with van der Waals surface area (Å²) in [5, 5.41) is -0.109. The van der Waals surface area contributed by atoms with E-state index in [1.807, 2.05) is 39.0 Å². The number of benzene rings is 1. The van der Waals surface area contributed by atoms with E-state index in [1.54, 1.807) is 0 Å². The number of aromatic nitrogens is 2. The van der Waals surface area contributed by atoms with Crippen molar-refractivity contribution >= 4 is 22.6 Å². The Labute approximate surface area is 99.8 Å². The van der Waals surface area contributed by atoms with Crippen LogP contribution in [-0.4, -0.2) is 16.1 Å². The summed E-state index contributed by atoms with van der Waals surface area (Å²) in [6.07, 6.45) is 0.173. The van der Waals surface area contributed by atoms with Crippen LogP contribution >= 0.6 is 11.6 Å². The monoisotopic (exact) mass is 238 g/mol. The molecule has 86 valence electrons. The van der Waals surface area contributed by atoms with Gasteiger partial charge in [-0.05, 0) is 32.9 Å². The summed E-state index contributed by atoms with van der Waals surface area (Å²) in [6, 6.07) is 5.81. The Kier molecular flexibility index (Phi) is 3.06. The maximum absolute atomic E-state index is 5.97. The first kappa shape index (κ1) is 11.3. The fraction of sp³-hybridized carbons (Fsp3) is 0.417. The van der Waals surface area contributed by atoms with Crippen LogP contribution in [0.25, 0.3) is 11.0 Å². The molecule has 1 unspecified atom stereocenters. The van der Waals surface area contributed by atoms with Crippen molar-refractivity contribution in [2.75, 3.05) is 0 Å². The zero-order chi connectivity index (χ0) is 11.7. The highest BCUT2D eigenvalue weighted by atomic mass is 35.5. The van der Waals surface area contributed by atoms with E-state index >= 15 is 0 Å². The second-order valence-corrected chi connectivity index (χ2v) is 4.74. The molecule has 0 bridgehead atoms. The summed E-state index contributed by atoms with van der Waals surface area (Å²) in [5.74, 6) is 1.64. The number of H-pyrrole nitrogens is 1. The number of hydrogen-bond donors (Lipinski definition) is 1. The molecule has 0 fully saturated rings. The molecule has 0 spiro atoms. The molecule has 2 rings (SSSR count). The highest BCUT2D eigenvalue weighted by Gasteiger charge is 2.08. The van der Waals surface area contributed by atoms with Crippen LogP contribution in [0.5, 0.6) is 5.75 Å². The van der Waals surface area contributed by atoms with Gasteiger partial charge in [0.25, 0.3) is 0 Å². The minimum absolute atomic E-state index is 0.109. The highest BCUT2D eigenvalue weighted by molar-refractivity contribution is 6.20. The van der Waals surface area contributed by atoms with Crippen molar-refractivity contribution < 1.29 is 4.74 Å². The van der Waals surface area contributed by atoms with Crippen LogP contribution in [0.4, 0.5) is 0 Å². The van der Waals surface area contributed by atoms with E-state index in [4.69, 9.17) is 16.3 Å². The molecule has 1 aromatic carbocycles. The summed E-state index contributed by atoms with van der Waals surface area (Å²) in [4.78, 5) is 7.58. The molecule has 0 radical (unpaired) electrons. The van der Waals surface area contributed by atoms with Crippen molar-refractivity contribution in [1.29, 1.82) is 0 Å². The molecule has 1 aromatic heterocycles. The number of aromatic amines is 1. The number of ether oxygens (including phenoxy) is 1. The van der Waals surface area contributed by atoms with E-state index in [-0.39, 0.29) is 11.5 Å². The number of rotatable bonds is 3. The Hall–Kier alpha value is -1.22. The number of alkyl halides is 1. The molecular weight excluding hydrogens is 224 g/mol. The molecule has 1 heterocycles. The van der Waals surface area contributed by atoms with Crippen LogP contribution in [-0.2, 0) is 0 Å². The molecule has 0 amide bonds. The van der Waals surface area contributed by atoms with E-state index in [1.165, 1.54) is 0 Å². The number of hydrogen-bond acceptors (Lipinski definition) is 2. The van der Waals surface area contributed by atoms with Gasteiger partial charge in [0.05, 0.1) is 22.5 Å². The van der Waals surface area contributed by atoms with Crippen LogP contribution in [0.2, 0.25) is 0 Å². The van der Waals surface area contributed by atoms with E-state index < -0.39 is 0 Å². The Morgan fingerprint density at radius 1 is 1.31 bits per heavy atom. The third kappa shape index (κ3) is 2.30.